The average molecular weight is 346 g/mol. The summed E-state index contributed by atoms with van der Waals surface area (Å²) in [7, 11) is 0. The van der Waals surface area contributed by atoms with Crippen molar-refractivity contribution in [2.75, 3.05) is 0 Å². The Morgan fingerprint density at radius 3 is 2.35 bits per heavy atom. The zero-order valence-corrected chi connectivity index (χ0v) is 15.2. The number of oxime groups is 1. The van der Waals surface area contributed by atoms with Gasteiger partial charge in [0.1, 0.15) is 0 Å². The zero-order valence-electron chi connectivity index (χ0n) is 13.5. The highest BCUT2D eigenvalue weighted by molar-refractivity contribution is 7.25. The Kier molecular flexibility index (Phi) is 6.81. The molecule has 0 saturated heterocycles. The first-order chi connectivity index (χ1) is 11.4. The molecule has 1 aromatic carbocycles. The van der Waals surface area contributed by atoms with Crippen molar-refractivity contribution in [3.8, 4) is 0 Å². The minimum absolute atomic E-state index is 1.06. The maximum absolute atomic E-state index is 9.05. The van der Waals surface area contributed by atoms with Gasteiger partial charge in [-0.25, -0.2) is 0 Å². The van der Waals surface area contributed by atoms with Crippen LogP contribution in [0, 0.1) is 0 Å². The fourth-order valence-corrected chi connectivity index (χ4v) is 4.96. The molecule has 0 aliphatic heterocycles. The van der Waals surface area contributed by atoms with Crippen molar-refractivity contribution in [3.63, 3.8) is 0 Å². The van der Waals surface area contributed by atoms with Gasteiger partial charge in [0.15, 0.2) is 0 Å². The van der Waals surface area contributed by atoms with Crippen LogP contribution in [0.1, 0.15) is 43.7 Å². The quantitative estimate of drug-likeness (QED) is 0.171. The molecular formula is C19H23NOS2. The number of nitrogens with zero attached hydrogens (tertiary/aromatic N) is 1. The molecule has 0 amide bonds. The lowest BCUT2D eigenvalue weighted by atomic mass is 9.95. The summed E-state index contributed by atoms with van der Waals surface area (Å²) in [5, 5.41) is 19.2. The molecule has 2 aromatic heterocycles. The van der Waals surface area contributed by atoms with Gasteiger partial charge < -0.3 is 5.21 Å². The van der Waals surface area contributed by atoms with Gasteiger partial charge in [-0.3, -0.25) is 0 Å². The highest BCUT2D eigenvalue weighted by Crippen LogP contribution is 2.39. The maximum Gasteiger partial charge on any atom is 0.0743 e. The van der Waals surface area contributed by atoms with Gasteiger partial charge >= 0.3 is 0 Å². The summed E-state index contributed by atoms with van der Waals surface area (Å²) in [5.74, 6) is 0. The van der Waals surface area contributed by atoms with Crippen LogP contribution in [0.3, 0.4) is 0 Å². The van der Waals surface area contributed by atoms with E-state index in [1.165, 1.54) is 51.4 Å². The van der Waals surface area contributed by atoms with Crippen molar-refractivity contribution in [2.45, 2.75) is 39.0 Å². The van der Waals surface area contributed by atoms with E-state index in [-0.39, 0.29) is 0 Å². The fourth-order valence-electron chi connectivity index (χ4n) is 2.93. The first kappa shape index (κ1) is 17.7. The van der Waals surface area contributed by atoms with Gasteiger partial charge in [0.25, 0.3) is 0 Å². The molecule has 0 aliphatic carbocycles. The van der Waals surface area contributed by atoms with Gasteiger partial charge in [0.2, 0.25) is 0 Å². The van der Waals surface area contributed by atoms with E-state index in [1.54, 1.807) is 17.6 Å². The molecule has 0 spiro atoms. The summed E-state index contributed by atoms with van der Waals surface area (Å²) in [6.07, 6.45) is 7.67. The average Bonchev–Trinajstić information content (AvgIpc) is 3.24. The Bertz CT molecular complexity index is 785. The van der Waals surface area contributed by atoms with Crippen LogP contribution >= 0.6 is 22.7 Å². The van der Waals surface area contributed by atoms with E-state index in [4.69, 9.17) is 5.21 Å². The number of hydrogen-bond donors (Lipinski definition) is 1. The summed E-state index contributed by atoms with van der Waals surface area (Å²) in [6, 6.07) is 4.36. The Balaban J connectivity index is 0.000000924. The molecule has 2 heterocycles. The van der Waals surface area contributed by atoms with Gasteiger partial charge in [-0.2, -0.15) is 0 Å². The van der Waals surface area contributed by atoms with Crippen molar-refractivity contribution in [1.82, 2.24) is 0 Å². The Labute approximate surface area is 145 Å². The molecule has 0 fully saturated rings. The molecule has 4 heteroatoms. The Morgan fingerprint density at radius 1 is 1.04 bits per heavy atom. The topological polar surface area (TPSA) is 32.6 Å². The normalized spacial score (nSPS) is 11.2. The molecule has 0 atom stereocenters. The first-order valence-electron chi connectivity index (χ1n) is 7.93. The van der Waals surface area contributed by atoms with Crippen LogP contribution in [0.15, 0.2) is 41.2 Å². The van der Waals surface area contributed by atoms with Gasteiger partial charge in [0, 0.05) is 10.9 Å². The predicted octanol–water partition coefficient (Wildman–Crippen LogP) is 6.85. The van der Waals surface area contributed by atoms with E-state index < -0.39 is 0 Å². The molecular weight excluding hydrogens is 322 g/mol. The second-order valence-electron chi connectivity index (χ2n) is 5.27. The molecule has 1 N–H and O–H groups in total. The molecule has 0 unspecified atom stereocenters. The van der Waals surface area contributed by atoms with Crippen LogP contribution < -0.4 is 0 Å². The molecule has 0 aliphatic rings. The second kappa shape index (κ2) is 8.85. The summed E-state index contributed by atoms with van der Waals surface area (Å²) in [6.45, 7) is 8.23. The summed E-state index contributed by atoms with van der Waals surface area (Å²) >= 11 is 3.58. The van der Waals surface area contributed by atoms with Crippen LogP contribution in [-0.4, -0.2) is 11.4 Å². The van der Waals surface area contributed by atoms with E-state index in [0.29, 0.717) is 0 Å². The predicted molar refractivity (Wildman–Crippen MR) is 106 cm³/mol. The molecule has 122 valence electrons. The van der Waals surface area contributed by atoms with Crippen LogP contribution in [0.5, 0.6) is 0 Å². The SMILES string of the molecule is C=C.CCCCCCc1c(/C=N/O)c2ccsc2c2sccc12. The molecule has 3 rings (SSSR count). The number of aryl methyl sites for hydroxylation is 1. The van der Waals surface area contributed by atoms with Crippen LogP contribution in [-0.2, 0) is 6.42 Å². The third kappa shape index (κ3) is 3.65. The van der Waals surface area contributed by atoms with Gasteiger partial charge in [-0.1, -0.05) is 31.3 Å². The monoisotopic (exact) mass is 345 g/mol. The molecule has 23 heavy (non-hydrogen) atoms. The number of hydrogen-bond acceptors (Lipinski definition) is 4. The third-order valence-electron chi connectivity index (χ3n) is 3.94. The minimum Gasteiger partial charge on any atom is -0.411 e. The van der Waals surface area contributed by atoms with E-state index in [2.05, 4.69) is 48.1 Å². The number of fused-ring (bicyclic) bond motifs is 3. The highest BCUT2D eigenvalue weighted by Gasteiger charge is 2.15. The molecule has 0 bridgehead atoms. The number of rotatable bonds is 6. The minimum atomic E-state index is 1.06. The van der Waals surface area contributed by atoms with Crippen molar-refractivity contribution in [3.05, 3.63) is 47.2 Å². The maximum atomic E-state index is 9.05. The Morgan fingerprint density at radius 2 is 1.70 bits per heavy atom. The highest BCUT2D eigenvalue weighted by atomic mass is 32.1. The molecule has 3 aromatic rings. The number of thiophene rings is 2. The van der Waals surface area contributed by atoms with Crippen LogP contribution in [0.25, 0.3) is 20.2 Å². The lowest BCUT2D eigenvalue weighted by molar-refractivity contribution is 0.322. The first-order valence-corrected chi connectivity index (χ1v) is 9.69. The van der Waals surface area contributed by atoms with Gasteiger partial charge in [0.05, 0.1) is 15.6 Å². The van der Waals surface area contributed by atoms with E-state index in [1.807, 2.05) is 11.3 Å². The largest absolute Gasteiger partial charge is 0.411 e. The Hall–Kier alpha value is -1.65. The van der Waals surface area contributed by atoms with Crippen LogP contribution in [0.4, 0.5) is 0 Å². The summed E-state index contributed by atoms with van der Waals surface area (Å²) < 4.78 is 2.69. The van der Waals surface area contributed by atoms with Gasteiger partial charge in [-0.15, -0.1) is 35.8 Å². The van der Waals surface area contributed by atoms with E-state index in [0.717, 1.165) is 12.0 Å². The van der Waals surface area contributed by atoms with Crippen molar-refractivity contribution in [2.24, 2.45) is 5.16 Å². The molecule has 2 nitrogen and oxygen atoms in total. The third-order valence-corrected chi connectivity index (χ3v) is 5.94. The lowest BCUT2D eigenvalue weighted by Gasteiger charge is -2.10. The van der Waals surface area contributed by atoms with E-state index in [9.17, 15) is 0 Å². The smallest absolute Gasteiger partial charge is 0.0743 e. The van der Waals surface area contributed by atoms with Crippen molar-refractivity contribution in [1.29, 1.82) is 0 Å². The fraction of sp³-hybridized carbons (Fsp3) is 0.316. The van der Waals surface area contributed by atoms with Crippen LogP contribution in [0.2, 0.25) is 0 Å². The van der Waals surface area contributed by atoms with Crippen molar-refractivity contribution >= 4 is 49.1 Å². The second-order valence-corrected chi connectivity index (χ2v) is 7.11. The summed E-state index contributed by atoms with van der Waals surface area (Å²) in [5.41, 5.74) is 2.43. The molecule has 0 saturated carbocycles. The lowest BCUT2D eigenvalue weighted by Crippen LogP contribution is -1.96. The number of unbranched alkanes of at least 4 members (excludes halogenated alkanes) is 3. The molecule has 0 radical (unpaired) electrons. The van der Waals surface area contributed by atoms with Gasteiger partial charge in [-0.05, 0) is 46.7 Å². The number of benzene rings is 1. The van der Waals surface area contributed by atoms with Crippen molar-refractivity contribution < 1.29 is 5.21 Å². The zero-order chi connectivity index (χ0) is 16.7. The van der Waals surface area contributed by atoms with E-state index >= 15 is 0 Å². The standard InChI is InChI=1S/C17H19NOS2.C2H4/c1-2-3-4-5-6-12-13-7-9-20-16(13)17-14(8-10-21-17)15(12)11-18-19;1-2/h7-11,19H,2-6H2,1H3;1-2H2/b18-11+;. The summed E-state index contributed by atoms with van der Waals surface area (Å²) in [4.78, 5) is 0.